The Morgan fingerprint density at radius 1 is 1.10 bits per heavy atom. The summed E-state index contributed by atoms with van der Waals surface area (Å²) in [5.41, 5.74) is 0. The smallest absolute Gasteiger partial charge is 0.251 e. The zero-order valence-electron chi connectivity index (χ0n) is 4.83. The molecule has 1 aliphatic rings. The molecule has 0 atom stereocenters. The van der Waals surface area contributed by atoms with E-state index in [0.29, 0.717) is 13.0 Å². The number of hydrogen-bond acceptors (Lipinski definition) is 1. The van der Waals surface area contributed by atoms with E-state index in [2.05, 4.69) is 0 Å². The Labute approximate surface area is 94.2 Å². The van der Waals surface area contributed by atoms with Crippen molar-refractivity contribution in [3.63, 3.8) is 0 Å². The van der Waals surface area contributed by atoms with Gasteiger partial charge in [0.1, 0.15) is 0 Å². The molecule has 1 saturated heterocycles. The van der Waals surface area contributed by atoms with E-state index in [4.69, 9.17) is 51.1 Å². The summed E-state index contributed by atoms with van der Waals surface area (Å²) in [7, 11) is 0. The van der Waals surface area contributed by atoms with Gasteiger partial charge in [-0.25, -0.2) is 0 Å². The van der Waals surface area contributed by atoms with Crippen molar-refractivity contribution in [2.24, 2.45) is 0 Å². The third-order valence-corrected chi connectivity index (χ3v) is 3.29. The molecule has 10 heavy (non-hydrogen) atoms. The molecule has 0 bridgehead atoms. The minimum absolute atomic E-state index is 0. The Balaban J connectivity index is 0.000000810. The Hall–Kier alpha value is 1.83. The standard InChI is InChI=1S/C4H4Cl4O.Ti/c5-3(6)1-2-9-4(3,7)8;/h1-2H2;. The summed E-state index contributed by atoms with van der Waals surface area (Å²) in [6.07, 6.45) is 0.461. The molecule has 0 spiro atoms. The Kier molecular flexibility index (Phi) is 4.38. The van der Waals surface area contributed by atoms with Crippen molar-refractivity contribution in [1.82, 2.24) is 0 Å². The van der Waals surface area contributed by atoms with E-state index in [9.17, 15) is 0 Å². The van der Waals surface area contributed by atoms with E-state index in [1.165, 1.54) is 0 Å². The molecule has 1 nitrogen and oxygen atoms in total. The number of rotatable bonds is 0. The van der Waals surface area contributed by atoms with Gasteiger partial charge >= 0.3 is 0 Å². The fourth-order valence-corrected chi connectivity index (χ4v) is 1.17. The van der Waals surface area contributed by atoms with Crippen LogP contribution in [0.15, 0.2) is 0 Å². The fourth-order valence-electron chi connectivity index (χ4n) is 0.559. The Bertz CT molecular complexity index is 112. The molecule has 1 fully saturated rings. The largest absolute Gasteiger partial charge is 0.344 e. The predicted molar refractivity (Wildman–Crippen MR) is 39.4 cm³/mol. The van der Waals surface area contributed by atoms with Gasteiger partial charge in [0.05, 0.1) is 6.61 Å². The van der Waals surface area contributed by atoms with Crippen molar-refractivity contribution >= 4 is 46.4 Å². The van der Waals surface area contributed by atoms with Crippen molar-refractivity contribution in [2.45, 2.75) is 15.3 Å². The number of halogens is 4. The van der Waals surface area contributed by atoms with Crippen molar-refractivity contribution in [3.8, 4) is 0 Å². The van der Waals surface area contributed by atoms with Gasteiger partial charge in [0.15, 0.2) is 4.33 Å². The summed E-state index contributed by atoms with van der Waals surface area (Å²) in [6, 6.07) is 0. The first-order chi connectivity index (χ1) is 3.96. The molecule has 58 valence electrons. The van der Waals surface area contributed by atoms with Gasteiger partial charge in [-0.2, -0.15) is 0 Å². The second kappa shape index (κ2) is 3.70. The molecule has 0 N–H and O–H groups in total. The molecule has 0 unspecified atom stereocenters. The van der Waals surface area contributed by atoms with Crippen LogP contribution in [-0.2, 0) is 26.5 Å². The molecule has 0 aliphatic carbocycles. The van der Waals surface area contributed by atoms with Crippen LogP contribution in [0.25, 0.3) is 0 Å². The number of alkyl halides is 4. The monoisotopic (exact) mass is 256 g/mol. The van der Waals surface area contributed by atoms with Gasteiger partial charge in [-0.1, -0.05) is 46.4 Å². The first kappa shape index (κ1) is 11.8. The van der Waals surface area contributed by atoms with Gasteiger partial charge in [0, 0.05) is 28.1 Å². The molecule has 0 aromatic carbocycles. The van der Waals surface area contributed by atoms with E-state index in [1.54, 1.807) is 0 Å². The summed E-state index contributed by atoms with van der Waals surface area (Å²) in [5.74, 6) is 0. The third kappa shape index (κ3) is 2.16. The molecule has 1 heterocycles. The van der Waals surface area contributed by atoms with E-state index in [0.717, 1.165) is 0 Å². The zero-order chi connectivity index (χ0) is 7.12. The maximum Gasteiger partial charge on any atom is 0.251 e. The zero-order valence-corrected chi connectivity index (χ0v) is 9.42. The predicted octanol–water partition coefficient (Wildman–Crippen LogP) is 2.71. The molecule has 6 heteroatoms. The van der Waals surface area contributed by atoms with Crippen LogP contribution in [0.3, 0.4) is 0 Å². The molecular formula is C4H4Cl4OTi. The number of ether oxygens (including phenoxy) is 1. The van der Waals surface area contributed by atoms with Gasteiger partial charge in [-0.05, 0) is 0 Å². The summed E-state index contributed by atoms with van der Waals surface area (Å²) in [6.45, 7) is 0.403. The van der Waals surface area contributed by atoms with Crippen LogP contribution in [-0.4, -0.2) is 15.5 Å². The van der Waals surface area contributed by atoms with E-state index < -0.39 is 8.85 Å². The molecule has 0 saturated carbocycles. The van der Waals surface area contributed by atoms with E-state index >= 15 is 0 Å². The average Bonchev–Trinajstić information content (AvgIpc) is 1.81. The second-order valence-electron chi connectivity index (χ2n) is 1.82. The minimum atomic E-state index is -1.43. The van der Waals surface area contributed by atoms with Crippen molar-refractivity contribution in [1.29, 1.82) is 0 Å². The van der Waals surface area contributed by atoms with Crippen LogP contribution >= 0.6 is 46.4 Å². The molecule has 1 rings (SSSR count). The summed E-state index contributed by atoms with van der Waals surface area (Å²) >= 11 is 22.3. The maximum atomic E-state index is 5.64. The van der Waals surface area contributed by atoms with Crippen LogP contribution in [0.2, 0.25) is 0 Å². The maximum absolute atomic E-state index is 5.64. The quantitative estimate of drug-likeness (QED) is 0.479. The second-order valence-corrected chi connectivity index (χ2v) is 4.56. The molecular weight excluding hydrogens is 254 g/mol. The van der Waals surface area contributed by atoms with Gasteiger partial charge < -0.3 is 4.74 Å². The normalized spacial score (nSPS) is 27.6. The van der Waals surface area contributed by atoms with Gasteiger partial charge in [0.2, 0.25) is 0 Å². The summed E-state index contributed by atoms with van der Waals surface area (Å²) < 4.78 is 2.23. The molecule has 0 aromatic rings. The molecule has 0 aromatic heterocycles. The van der Waals surface area contributed by atoms with Crippen LogP contribution in [0.4, 0.5) is 0 Å². The van der Waals surface area contributed by atoms with Gasteiger partial charge in [-0.15, -0.1) is 0 Å². The number of hydrogen-bond donors (Lipinski definition) is 0. The third-order valence-electron chi connectivity index (χ3n) is 1.13. The minimum Gasteiger partial charge on any atom is -0.344 e. The fraction of sp³-hybridized carbons (Fsp3) is 1.00. The summed E-state index contributed by atoms with van der Waals surface area (Å²) in [4.78, 5) is 0. The first-order valence-electron chi connectivity index (χ1n) is 2.35. The molecule has 0 amide bonds. The van der Waals surface area contributed by atoms with Crippen molar-refractivity contribution in [2.75, 3.05) is 6.61 Å². The van der Waals surface area contributed by atoms with E-state index in [1.807, 2.05) is 0 Å². The average molecular weight is 258 g/mol. The van der Waals surface area contributed by atoms with Crippen LogP contribution < -0.4 is 0 Å². The molecule has 1 aliphatic heterocycles. The van der Waals surface area contributed by atoms with Crippen LogP contribution in [0, 0.1) is 0 Å². The van der Waals surface area contributed by atoms with Gasteiger partial charge in [-0.3, -0.25) is 0 Å². The van der Waals surface area contributed by atoms with Gasteiger partial charge in [0.25, 0.3) is 4.52 Å². The van der Waals surface area contributed by atoms with Crippen molar-refractivity contribution < 1.29 is 26.5 Å². The summed E-state index contributed by atoms with van der Waals surface area (Å²) in [5, 5.41) is 0. The SMILES string of the molecule is ClC1(Cl)CCOC1(Cl)Cl.[Ti]. The Morgan fingerprint density at radius 3 is 1.70 bits per heavy atom. The first-order valence-corrected chi connectivity index (χ1v) is 3.86. The molecule has 0 radical (unpaired) electrons. The van der Waals surface area contributed by atoms with Crippen molar-refractivity contribution in [3.05, 3.63) is 0 Å². The van der Waals surface area contributed by atoms with Crippen LogP contribution in [0.1, 0.15) is 6.42 Å². The van der Waals surface area contributed by atoms with Crippen LogP contribution in [0.5, 0.6) is 0 Å². The van der Waals surface area contributed by atoms with E-state index in [-0.39, 0.29) is 21.7 Å². The topological polar surface area (TPSA) is 9.23 Å². The Morgan fingerprint density at radius 2 is 1.60 bits per heavy atom.